The molecule has 0 aliphatic rings. The molecule has 0 aromatic rings. The van der Waals surface area contributed by atoms with Gasteiger partial charge >= 0.3 is 19.8 Å². The van der Waals surface area contributed by atoms with Gasteiger partial charge < -0.3 is 20.1 Å². The first-order valence-electron chi connectivity index (χ1n) is 34.4. The second kappa shape index (κ2) is 66.6. The van der Waals surface area contributed by atoms with Gasteiger partial charge in [0.05, 0.1) is 13.2 Å². The molecule has 0 rings (SSSR count). The average Bonchev–Trinajstić information content (AvgIpc) is 3.46. The lowest BCUT2D eigenvalue weighted by molar-refractivity contribution is -0.161. The second-order valence-corrected chi connectivity index (χ2v) is 24.5. The van der Waals surface area contributed by atoms with Crippen molar-refractivity contribution in [2.24, 2.45) is 5.73 Å². The van der Waals surface area contributed by atoms with E-state index in [1.807, 2.05) is 12.2 Å². The highest BCUT2D eigenvalue weighted by Crippen LogP contribution is 2.43. The minimum Gasteiger partial charge on any atom is -0.462 e. The van der Waals surface area contributed by atoms with Gasteiger partial charge in [-0.15, -0.1) is 0 Å². The molecule has 0 fully saturated rings. The second-order valence-electron chi connectivity index (χ2n) is 23.0. The zero-order valence-corrected chi connectivity index (χ0v) is 53.9. The number of carbonyl (C=O) groups is 2. The first-order valence-corrected chi connectivity index (χ1v) is 35.9. The normalized spacial score (nSPS) is 13.4. The van der Waals surface area contributed by atoms with Gasteiger partial charge in [0.2, 0.25) is 0 Å². The van der Waals surface area contributed by atoms with E-state index in [1.54, 1.807) is 0 Å². The molecule has 0 aromatic carbocycles. The van der Waals surface area contributed by atoms with Crippen LogP contribution in [0.5, 0.6) is 0 Å². The topological polar surface area (TPSA) is 134 Å². The van der Waals surface area contributed by atoms with Crippen LogP contribution in [0.2, 0.25) is 0 Å². The van der Waals surface area contributed by atoms with Crippen LogP contribution in [0.25, 0.3) is 0 Å². The molecule has 0 spiro atoms. The van der Waals surface area contributed by atoms with Crippen LogP contribution in [0.15, 0.2) is 72.9 Å². The molecule has 472 valence electrons. The van der Waals surface area contributed by atoms with Crippen LogP contribution in [0, 0.1) is 0 Å². The fourth-order valence-corrected chi connectivity index (χ4v) is 10.8. The van der Waals surface area contributed by atoms with E-state index in [0.717, 1.165) is 57.8 Å². The Morgan fingerprint density at radius 3 is 0.988 bits per heavy atom. The maximum atomic E-state index is 12.7. The summed E-state index contributed by atoms with van der Waals surface area (Å²) in [5.41, 5.74) is 5.38. The van der Waals surface area contributed by atoms with E-state index in [1.165, 1.54) is 244 Å². The van der Waals surface area contributed by atoms with Crippen LogP contribution in [-0.4, -0.2) is 49.3 Å². The maximum absolute atomic E-state index is 12.7. The number of allylic oxidation sites excluding steroid dienone is 12. The smallest absolute Gasteiger partial charge is 0.462 e. The van der Waals surface area contributed by atoms with E-state index in [4.69, 9.17) is 24.3 Å². The van der Waals surface area contributed by atoms with Crippen molar-refractivity contribution in [3.8, 4) is 0 Å². The molecular formula is C71H130NO8P. The summed E-state index contributed by atoms with van der Waals surface area (Å²) in [7, 11) is -4.41. The number of carbonyl (C=O) groups excluding carboxylic acids is 2. The van der Waals surface area contributed by atoms with Crippen molar-refractivity contribution in [1.82, 2.24) is 0 Å². The fraction of sp³-hybridized carbons (Fsp3) is 0.803. The third kappa shape index (κ3) is 66.5. The predicted octanol–water partition coefficient (Wildman–Crippen LogP) is 22.4. The van der Waals surface area contributed by atoms with Crippen molar-refractivity contribution in [2.75, 3.05) is 26.4 Å². The molecule has 0 amide bonds. The Morgan fingerprint density at radius 1 is 0.383 bits per heavy atom. The molecule has 9 nitrogen and oxygen atoms in total. The summed E-state index contributed by atoms with van der Waals surface area (Å²) in [6, 6.07) is 0. The van der Waals surface area contributed by atoms with Gasteiger partial charge in [0.1, 0.15) is 6.61 Å². The maximum Gasteiger partial charge on any atom is 0.472 e. The number of nitrogens with two attached hydrogens (primary N) is 1. The molecule has 2 unspecified atom stereocenters. The highest BCUT2D eigenvalue weighted by molar-refractivity contribution is 7.47. The lowest BCUT2D eigenvalue weighted by atomic mass is 10.0. The summed E-state index contributed by atoms with van der Waals surface area (Å²) in [4.78, 5) is 35.2. The van der Waals surface area contributed by atoms with Crippen LogP contribution < -0.4 is 5.73 Å². The predicted molar refractivity (Wildman–Crippen MR) is 349 cm³/mol. The molecule has 81 heavy (non-hydrogen) atoms. The van der Waals surface area contributed by atoms with Gasteiger partial charge in [0.15, 0.2) is 6.10 Å². The van der Waals surface area contributed by atoms with Gasteiger partial charge in [0, 0.05) is 19.4 Å². The minimum atomic E-state index is -4.41. The third-order valence-electron chi connectivity index (χ3n) is 15.1. The number of hydrogen-bond acceptors (Lipinski definition) is 8. The van der Waals surface area contributed by atoms with Crippen molar-refractivity contribution in [3.63, 3.8) is 0 Å². The summed E-state index contributed by atoms with van der Waals surface area (Å²) in [6.07, 6.45) is 87.7. The molecule has 0 aromatic heterocycles. The van der Waals surface area contributed by atoms with Crippen molar-refractivity contribution in [2.45, 2.75) is 341 Å². The molecular weight excluding hydrogens is 1030 g/mol. The van der Waals surface area contributed by atoms with Gasteiger partial charge in [-0.2, -0.15) is 0 Å². The van der Waals surface area contributed by atoms with Crippen molar-refractivity contribution in [3.05, 3.63) is 72.9 Å². The van der Waals surface area contributed by atoms with Gasteiger partial charge in [-0.1, -0.05) is 344 Å². The van der Waals surface area contributed by atoms with Crippen LogP contribution in [-0.2, 0) is 32.7 Å². The Kier molecular flexibility index (Phi) is 64.5. The van der Waals surface area contributed by atoms with Gasteiger partial charge in [0.25, 0.3) is 0 Å². The number of phosphoric ester groups is 1. The molecule has 10 heteroatoms. The van der Waals surface area contributed by atoms with E-state index < -0.39 is 32.5 Å². The van der Waals surface area contributed by atoms with E-state index in [-0.39, 0.29) is 32.6 Å². The summed E-state index contributed by atoms with van der Waals surface area (Å²) in [5, 5.41) is 0. The zero-order valence-electron chi connectivity index (χ0n) is 53.0. The third-order valence-corrected chi connectivity index (χ3v) is 16.1. The number of rotatable bonds is 65. The lowest BCUT2D eigenvalue weighted by Crippen LogP contribution is -2.29. The molecule has 2 atom stereocenters. The van der Waals surface area contributed by atoms with Crippen molar-refractivity contribution >= 4 is 19.8 Å². The molecule has 0 saturated carbocycles. The Morgan fingerprint density at radius 2 is 0.679 bits per heavy atom. The summed E-state index contributed by atoms with van der Waals surface area (Å²) >= 11 is 0. The van der Waals surface area contributed by atoms with E-state index in [9.17, 15) is 19.0 Å². The Labute approximate surface area is 501 Å². The van der Waals surface area contributed by atoms with E-state index >= 15 is 0 Å². The van der Waals surface area contributed by atoms with Crippen LogP contribution in [0.4, 0.5) is 0 Å². The fourth-order valence-electron chi connectivity index (χ4n) is 10.1. The highest BCUT2D eigenvalue weighted by Gasteiger charge is 2.26. The van der Waals surface area contributed by atoms with Gasteiger partial charge in [-0.25, -0.2) is 4.57 Å². The van der Waals surface area contributed by atoms with E-state index in [0.29, 0.717) is 6.42 Å². The van der Waals surface area contributed by atoms with Gasteiger partial charge in [-0.05, 0) is 51.4 Å². The average molecular weight is 1160 g/mol. The summed E-state index contributed by atoms with van der Waals surface area (Å²) in [6.45, 7) is 3.58. The molecule has 0 heterocycles. The largest absolute Gasteiger partial charge is 0.472 e. The molecule has 0 saturated heterocycles. The van der Waals surface area contributed by atoms with Crippen LogP contribution in [0.1, 0.15) is 335 Å². The molecule has 0 aliphatic carbocycles. The first kappa shape index (κ1) is 78.5. The minimum absolute atomic E-state index is 0.0400. The number of unbranched alkanes of at least 4 members (excludes halogenated alkanes) is 40. The molecule has 3 N–H and O–H groups in total. The number of esters is 2. The molecule has 0 bridgehead atoms. The Hall–Kier alpha value is -2.55. The summed E-state index contributed by atoms with van der Waals surface area (Å²) < 4.78 is 33.0. The lowest BCUT2D eigenvalue weighted by Gasteiger charge is -2.19. The standard InChI is InChI=1S/C71H130NO8P/c1-3-5-7-9-11-13-15-17-19-21-23-24-25-26-27-28-29-30-31-32-33-34-35-36-37-38-39-40-41-42-43-44-46-47-49-51-53-55-57-59-61-63-70(73)77-67-69(68-79-81(75,76)78-66-65-72)80-71(74)64-62-60-58-56-54-52-50-48-45-22-20-18-16-14-12-10-8-6-4-2/h6,8,12,14,18,20,45,48,52,54,58,60,69H,3-5,7,9-11,13,15-17,19,21-44,46-47,49-51,53,55-57,59,61-68,72H2,1-2H3,(H,75,76)/b8-6-,14-12-,20-18-,48-45-,54-52-,60-58-. The zero-order chi connectivity index (χ0) is 58.7. The number of ether oxygens (including phenoxy) is 2. The highest BCUT2D eigenvalue weighted by atomic mass is 31.2. The quantitative estimate of drug-likeness (QED) is 0.0264. The Balaban J connectivity index is 3.77. The molecule has 0 radical (unpaired) electrons. The monoisotopic (exact) mass is 1160 g/mol. The number of hydrogen-bond donors (Lipinski definition) is 2. The SMILES string of the molecule is CC/C=C\C/C=C\C/C=C\C/C=C\C/C=C\C/C=C\CCC(=O)OC(COC(=O)CCCCCCCCCCCCCCCCCCCCCCCCCCCCCCCCCCCCCCCCCCC)COP(=O)(O)OCCN. The number of phosphoric acid groups is 1. The van der Waals surface area contributed by atoms with Crippen molar-refractivity contribution in [1.29, 1.82) is 0 Å². The Bertz CT molecular complexity index is 1560. The van der Waals surface area contributed by atoms with Crippen molar-refractivity contribution < 1.29 is 37.6 Å². The first-order chi connectivity index (χ1) is 39.8. The van der Waals surface area contributed by atoms with Crippen LogP contribution >= 0.6 is 7.82 Å². The van der Waals surface area contributed by atoms with Crippen LogP contribution in [0.3, 0.4) is 0 Å². The molecule has 0 aliphatic heterocycles. The summed E-state index contributed by atoms with van der Waals surface area (Å²) in [5.74, 6) is -0.917. The van der Waals surface area contributed by atoms with E-state index in [2.05, 4.69) is 74.6 Å². The van der Waals surface area contributed by atoms with Gasteiger partial charge in [-0.3, -0.25) is 18.6 Å².